The zero-order chi connectivity index (χ0) is 25.6. The third kappa shape index (κ3) is 4.44. The van der Waals surface area contributed by atoms with Crippen LogP contribution in [0.25, 0.3) is 11.1 Å². The van der Waals surface area contributed by atoms with E-state index >= 15 is 0 Å². The van der Waals surface area contributed by atoms with E-state index in [0.29, 0.717) is 0 Å². The first-order valence-electron chi connectivity index (χ1n) is 9.68. The second-order valence-corrected chi connectivity index (χ2v) is 8.90. The summed E-state index contributed by atoms with van der Waals surface area (Å²) in [4.78, 5) is 26.0. The molecule has 0 radical (unpaired) electrons. The number of hydrogen-bond donors (Lipinski definition) is 1. The first kappa shape index (κ1) is 26.8. The number of aromatic nitrogens is 2. The lowest BCUT2D eigenvalue weighted by Crippen LogP contribution is -2.41. The summed E-state index contributed by atoms with van der Waals surface area (Å²) in [7, 11) is -4.63. The predicted molar refractivity (Wildman–Crippen MR) is 122 cm³/mol. The lowest BCUT2D eigenvalue weighted by molar-refractivity contribution is -0.129. The van der Waals surface area contributed by atoms with Gasteiger partial charge in [0.05, 0.1) is 5.56 Å². The minimum atomic E-state index is -5.97. The largest absolute Gasteiger partial charge is 0.534 e. The van der Waals surface area contributed by atoms with Crippen molar-refractivity contribution in [2.75, 3.05) is 7.05 Å². The number of nitrogens with two attached hydrogens (primary N) is 1. The van der Waals surface area contributed by atoms with Crippen LogP contribution in [0, 0.1) is 5.95 Å². The summed E-state index contributed by atoms with van der Waals surface area (Å²) in [5, 5.41) is 0. The van der Waals surface area contributed by atoms with Gasteiger partial charge < -0.3 is 9.92 Å². The quantitative estimate of drug-likeness (QED) is 0.226. The molecule has 0 fully saturated rings. The molecule has 1 unspecified atom stereocenters. The van der Waals surface area contributed by atoms with E-state index in [1.54, 1.807) is 0 Å². The molecule has 9 nitrogen and oxygen atoms in total. The molecule has 190 valence electrons. The highest BCUT2D eigenvalue weighted by molar-refractivity contribution is 7.88. The monoisotopic (exact) mass is 545 g/mol. The van der Waals surface area contributed by atoms with Crippen LogP contribution in [0.4, 0.5) is 17.6 Å². The Kier molecular flexibility index (Phi) is 6.97. The van der Waals surface area contributed by atoms with E-state index in [9.17, 15) is 30.8 Å². The fraction of sp³-hybridized carbons (Fsp3) is 0.143. The summed E-state index contributed by atoms with van der Waals surface area (Å²) in [6.07, 6.45) is 2.25. The average Bonchev–Trinajstić information content (AvgIpc) is 3.03. The van der Waals surface area contributed by atoms with E-state index in [0.717, 1.165) is 23.4 Å². The van der Waals surface area contributed by atoms with Crippen molar-refractivity contribution >= 4 is 34.4 Å². The standard InChI is InChI=1S/C21H15F4N5O4S.ClH/c1-30-18(31)20(29-19(30)26,13-5-2-4-12(8-13)16-10-27-11-28-17(16)22)14-6-3-7-15(9-14)34-35(32,33)21(23,24)25;/h2-11H,1H3,(H2,26,29);1H. The zero-order valence-corrected chi connectivity index (χ0v) is 19.7. The van der Waals surface area contributed by atoms with Crippen LogP contribution in [0.2, 0.25) is 0 Å². The van der Waals surface area contributed by atoms with E-state index in [-0.39, 0.29) is 40.6 Å². The highest BCUT2D eigenvalue weighted by Gasteiger charge is 2.51. The third-order valence-electron chi connectivity index (χ3n) is 5.24. The Bertz CT molecular complexity index is 1470. The van der Waals surface area contributed by atoms with Crippen molar-refractivity contribution in [3.8, 4) is 16.9 Å². The molecule has 2 N–H and O–H groups in total. The van der Waals surface area contributed by atoms with Crippen molar-refractivity contribution in [3.63, 3.8) is 0 Å². The van der Waals surface area contributed by atoms with E-state index < -0.39 is 38.8 Å². The Morgan fingerprint density at radius 3 is 2.31 bits per heavy atom. The highest BCUT2D eigenvalue weighted by Crippen LogP contribution is 2.42. The van der Waals surface area contributed by atoms with E-state index in [2.05, 4.69) is 19.1 Å². The maximum atomic E-state index is 14.3. The lowest BCUT2D eigenvalue weighted by atomic mass is 9.81. The average molecular weight is 546 g/mol. The molecule has 1 atom stereocenters. The summed E-state index contributed by atoms with van der Waals surface area (Å²) in [6, 6.07) is 10.4. The Hall–Kier alpha value is -3.78. The Morgan fingerprint density at radius 2 is 1.72 bits per heavy atom. The number of carbonyl (C=O) groups is 1. The normalized spacial score (nSPS) is 18.0. The van der Waals surface area contributed by atoms with Gasteiger partial charge in [0.2, 0.25) is 5.95 Å². The summed E-state index contributed by atoms with van der Waals surface area (Å²) in [5.41, 5.74) is -1.26. The third-order valence-corrected chi connectivity index (χ3v) is 6.22. The van der Waals surface area contributed by atoms with Crippen LogP contribution >= 0.6 is 12.4 Å². The van der Waals surface area contributed by atoms with Crippen LogP contribution in [0.15, 0.2) is 66.0 Å². The Morgan fingerprint density at radius 1 is 1.08 bits per heavy atom. The first-order chi connectivity index (χ1) is 16.4. The lowest BCUT2D eigenvalue weighted by Gasteiger charge is -2.27. The summed E-state index contributed by atoms with van der Waals surface area (Å²) >= 11 is 0. The van der Waals surface area contributed by atoms with Gasteiger partial charge in [-0.25, -0.2) is 15.0 Å². The van der Waals surface area contributed by atoms with Gasteiger partial charge in [0.1, 0.15) is 12.1 Å². The molecule has 1 aliphatic rings. The van der Waals surface area contributed by atoms with Crippen LogP contribution in [0.1, 0.15) is 11.1 Å². The summed E-state index contributed by atoms with van der Waals surface area (Å²) in [5.74, 6) is -2.41. The number of hydrogen-bond acceptors (Lipinski definition) is 8. The number of carbonyl (C=O) groups excluding carboxylic acids is 1. The Labute approximate surface area is 208 Å². The molecule has 1 aliphatic heterocycles. The van der Waals surface area contributed by atoms with Crippen LogP contribution in [0.5, 0.6) is 5.75 Å². The van der Waals surface area contributed by atoms with Crippen LogP contribution in [-0.4, -0.2) is 47.7 Å². The van der Waals surface area contributed by atoms with Crippen molar-refractivity contribution < 1.29 is 35.0 Å². The van der Waals surface area contributed by atoms with Crippen molar-refractivity contribution in [3.05, 3.63) is 78.1 Å². The van der Waals surface area contributed by atoms with Gasteiger partial charge in [-0.3, -0.25) is 9.69 Å². The highest BCUT2D eigenvalue weighted by atomic mass is 35.5. The smallest absolute Gasteiger partial charge is 0.376 e. The van der Waals surface area contributed by atoms with E-state index in [4.69, 9.17) is 5.73 Å². The molecule has 3 aromatic rings. The van der Waals surface area contributed by atoms with E-state index in [1.807, 2.05) is 0 Å². The minimum absolute atomic E-state index is 0. The molecule has 0 spiro atoms. The molecule has 0 bridgehead atoms. The molecule has 2 aromatic carbocycles. The van der Waals surface area contributed by atoms with Crippen molar-refractivity contribution in [1.82, 2.24) is 14.9 Å². The van der Waals surface area contributed by atoms with Crippen LogP contribution in [-0.2, 0) is 20.5 Å². The number of halogens is 5. The van der Waals surface area contributed by atoms with Gasteiger partial charge in [0.25, 0.3) is 5.91 Å². The van der Waals surface area contributed by atoms with Crippen molar-refractivity contribution in [1.29, 1.82) is 0 Å². The molecular weight excluding hydrogens is 530 g/mol. The second-order valence-electron chi connectivity index (χ2n) is 7.36. The van der Waals surface area contributed by atoms with Crippen molar-refractivity contribution in [2.24, 2.45) is 10.7 Å². The minimum Gasteiger partial charge on any atom is -0.376 e. The van der Waals surface area contributed by atoms with Gasteiger partial charge >= 0.3 is 15.6 Å². The summed E-state index contributed by atoms with van der Waals surface area (Å²) in [6.45, 7) is 0. The fourth-order valence-electron chi connectivity index (χ4n) is 3.55. The fourth-order valence-corrected chi connectivity index (χ4v) is 4.00. The Balaban J connectivity index is 0.00000361. The maximum absolute atomic E-state index is 14.3. The topological polar surface area (TPSA) is 128 Å². The number of aliphatic imine (C=N–C) groups is 1. The zero-order valence-electron chi connectivity index (χ0n) is 18.1. The van der Waals surface area contributed by atoms with Crippen LogP contribution in [0.3, 0.4) is 0 Å². The van der Waals surface area contributed by atoms with Crippen LogP contribution < -0.4 is 9.92 Å². The molecule has 1 amide bonds. The molecule has 0 saturated heterocycles. The molecule has 1 aromatic heterocycles. The number of amides is 1. The van der Waals surface area contributed by atoms with Crippen molar-refractivity contribution in [2.45, 2.75) is 11.0 Å². The van der Waals surface area contributed by atoms with Gasteiger partial charge in [-0.2, -0.15) is 26.0 Å². The van der Waals surface area contributed by atoms with Gasteiger partial charge in [-0.1, -0.05) is 30.3 Å². The molecule has 0 aliphatic carbocycles. The number of benzene rings is 2. The number of nitrogens with zero attached hydrogens (tertiary/aromatic N) is 4. The first-order valence-corrected chi connectivity index (χ1v) is 11.1. The molecular formula is C21H16ClF4N5O4S. The number of guanidine groups is 1. The van der Waals surface area contributed by atoms with Gasteiger partial charge in [0.15, 0.2) is 11.5 Å². The van der Waals surface area contributed by atoms with Gasteiger partial charge in [-0.15, -0.1) is 12.4 Å². The predicted octanol–water partition coefficient (Wildman–Crippen LogP) is 2.96. The number of rotatable bonds is 5. The second kappa shape index (κ2) is 9.35. The molecule has 36 heavy (non-hydrogen) atoms. The number of alkyl halides is 3. The molecule has 15 heteroatoms. The SMILES string of the molecule is CN1C(=O)C(c2cccc(OS(=O)(=O)C(F)(F)F)c2)(c2cccc(-c3cncnc3F)c2)N=C1N.Cl. The number of likely N-dealkylation sites (N-methyl/N-ethyl adjacent to an activating group) is 1. The summed E-state index contributed by atoms with van der Waals surface area (Å²) < 4.78 is 79.9. The molecule has 2 heterocycles. The maximum Gasteiger partial charge on any atom is 0.534 e. The van der Waals surface area contributed by atoms with Gasteiger partial charge in [0, 0.05) is 13.2 Å². The molecule has 0 saturated carbocycles. The van der Waals surface area contributed by atoms with Gasteiger partial charge in [-0.05, 0) is 34.9 Å². The molecule has 4 rings (SSSR count). The van der Waals surface area contributed by atoms with E-state index in [1.165, 1.54) is 49.6 Å².